The summed E-state index contributed by atoms with van der Waals surface area (Å²) in [6.07, 6.45) is 0. The molecule has 4 nitrogen and oxygen atoms in total. The number of phosphoric acid groups is 1. The molecule has 0 atom stereocenters. The molecule has 0 saturated heterocycles. The van der Waals surface area contributed by atoms with E-state index >= 15 is 0 Å². The fourth-order valence-electron chi connectivity index (χ4n) is 1.02. The summed E-state index contributed by atoms with van der Waals surface area (Å²) in [6.45, 7) is 3.63. The van der Waals surface area contributed by atoms with Crippen molar-refractivity contribution in [2.45, 2.75) is 0 Å². The molecule has 0 aliphatic carbocycles. The van der Waals surface area contributed by atoms with E-state index in [2.05, 4.69) is 15.6 Å². The van der Waals surface area contributed by atoms with Crippen LogP contribution in [-0.4, -0.2) is 14.2 Å². The fourth-order valence-corrected chi connectivity index (χ4v) is 1.93. The van der Waals surface area contributed by atoms with Gasteiger partial charge in [0.15, 0.2) is 0 Å². The van der Waals surface area contributed by atoms with Crippen molar-refractivity contribution < 1.29 is 18.1 Å². The molecule has 0 aromatic heterocycles. The SMILES string of the molecule is C=C(OP(=O)(OC)OC)c1ccccc1Cl. The Labute approximate surface area is 99.4 Å². The highest BCUT2D eigenvalue weighted by atomic mass is 35.5. The van der Waals surface area contributed by atoms with E-state index in [0.717, 1.165) is 0 Å². The Hall–Kier alpha value is -0.800. The van der Waals surface area contributed by atoms with Crippen LogP contribution in [0.2, 0.25) is 5.02 Å². The summed E-state index contributed by atoms with van der Waals surface area (Å²) < 4.78 is 26.0. The first-order valence-electron chi connectivity index (χ1n) is 4.37. The van der Waals surface area contributed by atoms with Gasteiger partial charge in [-0.15, -0.1) is 0 Å². The van der Waals surface area contributed by atoms with Crippen molar-refractivity contribution in [2.75, 3.05) is 14.2 Å². The molecule has 0 aliphatic heterocycles. The van der Waals surface area contributed by atoms with Crippen LogP contribution >= 0.6 is 19.4 Å². The van der Waals surface area contributed by atoms with Crippen LogP contribution in [0.15, 0.2) is 30.8 Å². The lowest BCUT2D eigenvalue weighted by Crippen LogP contribution is -1.95. The maximum absolute atomic E-state index is 11.7. The Morgan fingerprint density at radius 2 is 1.88 bits per heavy atom. The van der Waals surface area contributed by atoms with Crippen molar-refractivity contribution in [3.8, 4) is 0 Å². The van der Waals surface area contributed by atoms with Gasteiger partial charge in [0.25, 0.3) is 0 Å². The van der Waals surface area contributed by atoms with E-state index in [4.69, 9.17) is 16.1 Å². The Morgan fingerprint density at radius 3 is 2.38 bits per heavy atom. The summed E-state index contributed by atoms with van der Waals surface area (Å²) in [4.78, 5) is 0. The zero-order valence-electron chi connectivity index (χ0n) is 8.97. The molecular formula is C10H12ClO4P. The number of phosphoric ester groups is 1. The number of hydrogen-bond acceptors (Lipinski definition) is 4. The number of rotatable bonds is 5. The zero-order chi connectivity index (χ0) is 12.2. The van der Waals surface area contributed by atoms with Crippen LogP contribution in [-0.2, 0) is 18.1 Å². The van der Waals surface area contributed by atoms with Gasteiger partial charge in [-0.3, -0.25) is 9.05 Å². The second-order valence-electron chi connectivity index (χ2n) is 2.81. The summed E-state index contributed by atoms with van der Waals surface area (Å²) in [6, 6.07) is 6.90. The average Bonchev–Trinajstić information content (AvgIpc) is 2.29. The van der Waals surface area contributed by atoms with Crippen LogP contribution in [0.1, 0.15) is 5.56 Å². The van der Waals surface area contributed by atoms with Gasteiger partial charge in [0.1, 0.15) is 5.76 Å². The molecule has 0 fully saturated rings. The number of hydrogen-bond donors (Lipinski definition) is 0. The maximum atomic E-state index is 11.7. The third-order valence-electron chi connectivity index (χ3n) is 1.84. The normalized spacial score (nSPS) is 11.2. The van der Waals surface area contributed by atoms with Gasteiger partial charge in [0, 0.05) is 19.8 Å². The van der Waals surface area contributed by atoms with Gasteiger partial charge in [-0.2, -0.15) is 0 Å². The molecule has 0 amide bonds. The highest BCUT2D eigenvalue weighted by Crippen LogP contribution is 2.51. The van der Waals surface area contributed by atoms with Crippen molar-refractivity contribution in [1.29, 1.82) is 0 Å². The molecule has 88 valence electrons. The lowest BCUT2D eigenvalue weighted by atomic mass is 10.2. The summed E-state index contributed by atoms with van der Waals surface area (Å²) in [7, 11) is -1.13. The van der Waals surface area contributed by atoms with Gasteiger partial charge in [-0.05, 0) is 12.1 Å². The Balaban J connectivity index is 2.89. The first-order chi connectivity index (χ1) is 7.52. The Morgan fingerprint density at radius 1 is 1.31 bits per heavy atom. The first-order valence-corrected chi connectivity index (χ1v) is 6.21. The lowest BCUT2D eigenvalue weighted by Gasteiger charge is -2.16. The lowest BCUT2D eigenvalue weighted by molar-refractivity contribution is 0.201. The quantitative estimate of drug-likeness (QED) is 0.599. The first kappa shape index (κ1) is 13.3. The maximum Gasteiger partial charge on any atom is 0.529 e. The minimum Gasteiger partial charge on any atom is -0.404 e. The van der Waals surface area contributed by atoms with Gasteiger partial charge in [0.05, 0.1) is 5.02 Å². The average molecular weight is 263 g/mol. The van der Waals surface area contributed by atoms with Crippen molar-refractivity contribution in [2.24, 2.45) is 0 Å². The summed E-state index contributed by atoms with van der Waals surface area (Å²) in [5.41, 5.74) is 0.540. The Kier molecular flexibility index (Phi) is 4.56. The van der Waals surface area contributed by atoms with E-state index in [1.54, 1.807) is 24.3 Å². The summed E-state index contributed by atoms with van der Waals surface area (Å²) in [5.74, 6) is 0.137. The summed E-state index contributed by atoms with van der Waals surface area (Å²) >= 11 is 5.92. The molecule has 0 bridgehead atoms. The van der Waals surface area contributed by atoms with Crippen molar-refractivity contribution in [3.05, 3.63) is 41.4 Å². The minimum absolute atomic E-state index is 0.137. The van der Waals surface area contributed by atoms with Gasteiger partial charge in [0.2, 0.25) is 0 Å². The monoisotopic (exact) mass is 262 g/mol. The molecule has 1 aromatic carbocycles. The molecule has 0 spiro atoms. The third kappa shape index (κ3) is 3.09. The molecule has 1 rings (SSSR count). The van der Waals surface area contributed by atoms with Crippen molar-refractivity contribution in [3.63, 3.8) is 0 Å². The largest absolute Gasteiger partial charge is 0.529 e. The molecule has 0 saturated carbocycles. The number of benzene rings is 1. The van der Waals surface area contributed by atoms with Crippen LogP contribution in [0.5, 0.6) is 0 Å². The zero-order valence-corrected chi connectivity index (χ0v) is 10.6. The number of halogens is 1. The van der Waals surface area contributed by atoms with Gasteiger partial charge < -0.3 is 4.52 Å². The minimum atomic E-state index is -3.58. The van der Waals surface area contributed by atoms with Crippen molar-refractivity contribution >= 4 is 25.2 Å². The Bertz CT molecular complexity index is 425. The molecule has 0 unspecified atom stereocenters. The van der Waals surface area contributed by atoms with Crippen LogP contribution in [0.25, 0.3) is 5.76 Å². The highest BCUT2D eigenvalue weighted by Gasteiger charge is 2.26. The van der Waals surface area contributed by atoms with Crippen LogP contribution in [0.3, 0.4) is 0 Å². The molecular weight excluding hydrogens is 251 g/mol. The topological polar surface area (TPSA) is 44.8 Å². The second kappa shape index (κ2) is 5.51. The molecule has 16 heavy (non-hydrogen) atoms. The fraction of sp³-hybridized carbons (Fsp3) is 0.200. The van der Waals surface area contributed by atoms with Gasteiger partial charge in [-0.25, -0.2) is 4.57 Å². The van der Waals surface area contributed by atoms with E-state index in [0.29, 0.717) is 10.6 Å². The molecule has 0 radical (unpaired) electrons. The van der Waals surface area contributed by atoms with E-state index in [9.17, 15) is 4.57 Å². The van der Waals surface area contributed by atoms with E-state index < -0.39 is 7.82 Å². The predicted octanol–water partition coefficient (Wildman–Crippen LogP) is 3.73. The molecule has 0 aliphatic rings. The van der Waals surface area contributed by atoms with Crippen molar-refractivity contribution in [1.82, 2.24) is 0 Å². The van der Waals surface area contributed by atoms with E-state index in [1.807, 2.05) is 0 Å². The molecule has 0 heterocycles. The van der Waals surface area contributed by atoms with Gasteiger partial charge >= 0.3 is 7.82 Å². The standard InChI is InChI=1S/C10H12ClO4P/c1-8(15-16(12,13-2)14-3)9-6-4-5-7-10(9)11/h4-7H,1H2,2-3H3. The third-order valence-corrected chi connectivity index (χ3v) is 3.51. The molecule has 6 heteroatoms. The van der Waals surface area contributed by atoms with Crippen LogP contribution in [0.4, 0.5) is 0 Å². The van der Waals surface area contributed by atoms with Gasteiger partial charge in [-0.1, -0.05) is 30.3 Å². The second-order valence-corrected chi connectivity index (χ2v) is 5.02. The van der Waals surface area contributed by atoms with Crippen LogP contribution in [0, 0.1) is 0 Å². The smallest absolute Gasteiger partial charge is 0.404 e. The predicted molar refractivity (Wildman–Crippen MR) is 63.2 cm³/mol. The van der Waals surface area contributed by atoms with Crippen LogP contribution < -0.4 is 0 Å². The van der Waals surface area contributed by atoms with E-state index in [1.165, 1.54) is 14.2 Å². The highest BCUT2D eigenvalue weighted by molar-refractivity contribution is 7.48. The van der Waals surface area contributed by atoms with E-state index in [-0.39, 0.29) is 5.76 Å². The molecule has 1 aromatic rings. The molecule has 0 N–H and O–H groups in total. The summed E-state index contributed by atoms with van der Waals surface area (Å²) in [5, 5.41) is 0.450.